The molecule has 0 aliphatic heterocycles. The fourth-order valence-corrected chi connectivity index (χ4v) is 1.89. The molecule has 1 N–H and O–H groups in total. The lowest BCUT2D eigenvalue weighted by atomic mass is 10.2. The number of hydrogen-bond donors (Lipinski definition) is 1. The Morgan fingerprint density at radius 1 is 1.22 bits per heavy atom. The molecule has 0 bridgehead atoms. The molecule has 0 amide bonds. The lowest BCUT2D eigenvalue weighted by Crippen LogP contribution is -2.19. The fraction of sp³-hybridized carbons (Fsp3) is 0.467. The normalized spacial score (nSPS) is 11.2. The number of nitrogens with one attached hydrogen (secondary N) is 1. The van der Waals surface area contributed by atoms with E-state index in [4.69, 9.17) is 9.15 Å². The molecule has 0 aliphatic carbocycles. The molecule has 0 radical (unpaired) electrons. The van der Waals surface area contributed by atoms with E-state index in [0.717, 1.165) is 38.3 Å². The van der Waals surface area contributed by atoms with Gasteiger partial charge in [0.2, 0.25) is 0 Å². The first-order chi connectivity index (χ1) is 8.92. The number of furan rings is 1. The van der Waals surface area contributed by atoms with Gasteiger partial charge in [0.1, 0.15) is 5.58 Å². The molecule has 1 aromatic carbocycles. The molecular formula is C15H21NO2. The van der Waals surface area contributed by atoms with Gasteiger partial charge in [-0.3, -0.25) is 0 Å². The number of unbranched alkanes of at least 4 members (excludes halogenated alkanes) is 1. The Morgan fingerprint density at radius 3 is 3.00 bits per heavy atom. The molecule has 0 spiro atoms. The summed E-state index contributed by atoms with van der Waals surface area (Å²) in [4.78, 5) is 0. The monoisotopic (exact) mass is 247 g/mol. The second-order valence-corrected chi connectivity index (χ2v) is 4.40. The van der Waals surface area contributed by atoms with Crippen LogP contribution in [-0.4, -0.2) is 19.8 Å². The van der Waals surface area contributed by atoms with Gasteiger partial charge in [0.05, 0.1) is 12.9 Å². The number of benzene rings is 1. The van der Waals surface area contributed by atoms with E-state index < -0.39 is 0 Å². The maximum Gasteiger partial charge on any atom is 0.134 e. The lowest BCUT2D eigenvalue weighted by molar-refractivity contribution is 0.133. The Hall–Kier alpha value is -1.32. The van der Waals surface area contributed by atoms with Crippen LogP contribution in [0.4, 0.5) is 0 Å². The number of fused-ring (bicyclic) bond motifs is 1. The molecule has 3 nitrogen and oxygen atoms in total. The molecule has 3 heteroatoms. The fourth-order valence-electron chi connectivity index (χ4n) is 1.89. The predicted molar refractivity (Wildman–Crippen MR) is 73.6 cm³/mol. The predicted octanol–water partition coefficient (Wildman–Crippen LogP) is 3.34. The van der Waals surface area contributed by atoms with Gasteiger partial charge >= 0.3 is 0 Å². The Balaban J connectivity index is 1.70. The summed E-state index contributed by atoms with van der Waals surface area (Å²) in [5, 5.41) is 4.56. The molecule has 0 saturated heterocycles. The van der Waals surface area contributed by atoms with Crippen LogP contribution in [0.1, 0.15) is 25.3 Å². The summed E-state index contributed by atoms with van der Waals surface area (Å²) in [6, 6.07) is 8.11. The van der Waals surface area contributed by atoms with Crippen molar-refractivity contribution in [2.45, 2.75) is 26.3 Å². The van der Waals surface area contributed by atoms with E-state index in [1.807, 2.05) is 24.5 Å². The lowest BCUT2D eigenvalue weighted by Gasteiger charge is -2.04. The highest BCUT2D eigenvalue weighted by Gasteiger charge is 2.03. The van der Waals surface area contributed by atoms with Crippen LogP contribution in [0.15, 0.2) is 34.9 Å². The Bertz CT molecular complexity index is 464. The maximum absolute atomic E-state index is 5.50. The average Bonchev–Trinajstić information content (AvgIpc) is 2.81. The quantitative estimate of drug-likeness (QED) is 0.726. The van der Waals surface area contributed by atoms with E-state index in [1.54, 1.807) is 0 Å². The van der Waals surface area contributed by atoms with Crippen molar-refractivity contribution in [2.24, 2.45) is 0 Å². The summed E-state index contributed by atoms with van der Waals surface area (Å²) in [5.74, 6) is 0. The van der Waals surface area contributed by atoms with Crippen molar-refractivity contribution >= 4 is 11.0 Å². The summed E-state index contributed by atoms with van der Waals surface area (Å²) in [5.41, 5.74) is 2.16. The summed E-state index contributed by atoms with van der Waals surface area (Å²) in [7, 11) is 0. The molecule has 2 aromatic rings. The largest absolute Gasteiger partial charge is 0.464 e. The Labute approximate surface area is 108 Å². The van der Waals surface area contributed by atoms with Crippen molar-refractivity contribution in [1.29, 1.82) is 0 Å². The van der Waals surface area contributed by atoms with Gasteiger partial charge in [-0.25, -0.2) is 0 Å². The number of hydrogen-bond acceptors (Lipinski definition) is 3. The van der Waals surface area contributed by atoms with Gasteiger partial charge in [0, 0.05) is 30.6 Å². The van der Waals surface area contributed by atoms with Gasteiger partial charge in [-0.15, -0.1) is 0 Å². The van der Waals surface area contributed by atoms with E-state index in [1.165, 1.54) is 17.4 Å². The van der Waals surface area contributed by atoms with E-state index in [-0.39, 0.29) is 0 Å². The number of para-hydroxylation sites is 1. The molecule has 0 saturated carbocycles. The van der Waals surface area contributed by atoms with Gasteiger partial charge in [-0.2, -0.15) is 0 Å². The van der Waals surface area contributed by atoms with E-state index in [9.17, 15) is 0 Å². The summed E-state index contributed by atoms with van der Waals surface area (Å²) >= 11 is 0. The Kier molecular flexibility index (Phi) is 5.24. The molecular weight excluding hydrogens is 226 g/mol. The van der Waals surface area contributed by atoms with Crippen LogP contribution in [0.5, 0.6) is 0 Å². The zero-order valence-corrected chi connectivity index (χ0v) is 10.9. The molecule has 0 unspecified atom stereocenters. The van der Waals surface area contributed by atoms with Crippen LogP contribution in [0.3, 0.4) is 0 Å². The first-order valence-electron chi connectivity index (χ1n) is 6.65. The van der Waals surface area contributed by atoms with Crippen LogP contribution in [-0.2, 0) is 11.3 Å². The highest BCUT2D eigenvalue weighted by Crippen LogP contribution is 2.20. The van der Waals surface area contributed by atoms with Crippen molar-refractivity contribution in [2.75, 3.05) is 19.8 Å². The van der Waals surface area contributed by atoms with E-state index in [0.29, 0.717) is 0 Å². The summed E-state index contributed by atoms with van der Waals surface area (Å²) in [6.07, 6.45) is 4.16. The zero-order chi connectivity index (χ0) is 12.6. The molecule has 98 valence electrons. The smallest absolute Gasteiger partial charge is 0.134 e. The van der Waals surface area contributed by atoms with Gasteiger partial charge < -0.3 is 14.5 Å². The van der Waals surface area contributed by atoms with Crippen LogP contribution >= 0.6 is 0 Å². The second kappa shape index (κ2) is 7.19. The minimum absolute atomic E-state index is 0.774. The average molecular weight is 247 g/mol. The van der Waals surface area contributed by atoms with E-state index >= 15 is 0 Å². The third-order valence-electron chi connectivity index (χ3n) is 2.94. The van der Waals surface area contributed by atoms with Crippen LogP contribution in [0.2, 0.25) is 0 Å². The first kappa shape index (κ1) is 13.1. The van der Waals surface area contributed by atoms with Gasteiger partial charge in [-0.1, -0.05) is 31.5 Å². The highest BCUT2D eigenvalue weighted by molar-refractivity contribution is 5.80. The van der Waals surface area contributed by atoms with Crippen LogP contribution < -0.4 is 5.32 Å². The topological polar surface area (TPSA) is 34.4 Å². The molecule has 18 heavy (non-hydrogen) atoms. The molecule has 0 atom stereocenters. The summed E-state index contributed by atoms with van der Waals surface area (Å²) < 4.78 is 11.0. The molecule has 2 rings (SSSR count). The SMILES string of the molecule is CCCCOCCNCc1coc2ccccc12. The number of ether oxygens (including phenoxy) is 1. The standard InChI is InChI=1S/C15H21NO2/c1-2-3-9-17-10-8-16-11-13-12-18-15-7-5-4-6-14(13)15/h4-7,12,16H,2-3,8-11H2,1H3. The van der Waals surface area contributed by atoms with Gasteiger partial charge in [-0.05, 0) is 12.5 Å². The van der Waals surface area contributed by atoms with E-state index in [2.05, 4.69) is 18.3 Å². The second-order valence-electron chi connectivity index (χ2n) is 4.40. The van der Waals surface area contributed by atoms with Gasteiger partial charge in [0.25, 0.3) is 0 Å². The highest BCUT2D eigenvalue weighted by atomic mass is 16.5. The first-order valence-corrected chi connectivity index (χ1v) is 6.65. The Morgan fingerprint density at radius 2 is 2.11 bits per heavy atom. The molecule has 0 fully saturated rings. The van der Waals surface area contributed by atoms with Crippen molar-refractivity contribution in [3.8, 4) is 0 Å². The number of rotatable bonds is 8. The molecule has 1 heterocycles. The summed E-state index contributed by atoms with van der Waals surface area (Å²) in [6.45, 7) is 5.52. The molecule has 0 aliphatic rings. The third-order valence-corrected chi connectivity index (χ3v) is 2.94. The minimum Gasteiger partial charge on any atom is -0.464 e. The van der Waals surface area contributed by atoms with Crippen molar-refractivity contribution in [3.05, 3.63) is 36.1 Å². The van der Waals surface area contributed by atoms with Gasteiger partial charge in [0.15, 0.2) is 0 Å². The van der Waals surface area contributed by atoms with Crippen molar-refractivity contribution < 1.29 is 9.15 Å². The third kappa shape index (κ3) is 3.59. The molecule has 1 aromatic heterocycles. The minimum atomic E-state index is 0.774. The van der Waals surface area contributed by atoms with Crippen LogP contribution in [0.25, 0.3) is 11.0 Å². The van der Waals surface area contributed by atoms with Crippen LogP contribution in [0, 0.1) is 0 Å². The van der Waals surface area contributed by atoms with Crippen molar-refractivity contribution in [1.82, 2.24) is 5.32 Å². The maximum atomic E-state index is 5.50. The zero-order valence-electron chi connectivity index (χ0n) is 10.9. The van der Waals surface area contributed by atoms with Crippen molar-refractivity contribution in [3.63, 3.8) is 0 Å².